The second-order valence-corrected chi connectivity index (χ2v) is 5.58. The fourth-order valence-corrected chi connectivity index (χ4v) is 2.84. The van der Waals surface area contributed by atoms with Crippen LogP contribution < -0.4 is 0 Å². The normalized spacial score (nSPS) is 19.2. The van der Waals surface area contributed by atoms with E-state index in [0.29, 0.717) is 6.42 Å². The summed E-state index contributed by atoms with van der Waals surface area (Å²) in [6, 6.07) is 10.6. The molecule has 3 nitrogen and oxygen atoms in total. The molecule has 0 spiro atoms. The molecule has 1 aliphatic heterocycles. The minimum absolute atomic E-state index is 0.242. The molecule has 3 heteroatoms. The number of aliphatic carboxylic acids is 1. The van der Waals surface area contributed by atoms with Crippen molar-refractivity contribution in [3.05, 3.63) is 35.9 Å². The van der Waals surface area contributed by atoms with Crippen molar-refractivity contribution >= 4 is 5.97 Å². The molecular formula is C16H23NO2. The topological polar surface area (TPSA) is 40.5 Å². The molecule has 0 amide bonds. The highest BCUT2D eigenvalue weighted by atomic mass is 16.4. The van der Waals surface area contributed by atoms with Gasteiger partial charge >= 0.3 is 5.97 Å². The molecule has 0 aromatic heterocycles. The number of hydrogen-bond donors (Lipinski definition) is 1. The zero-order valence-corrected chi connectivity index (χ0v) is 11.6. The highest BCUT2D eigenvalue weighted by Gasteiger charge is 2.24. The molecule has 1 saturated heterocycles. The quantitative estimate of drug-likeness (QED) is 0.884. The number of carbonyl (C=O) groups is 1. The third-order valence-electron chi connectivity index (χ3n) is 4.07. The summed E-state index contributed by atoms with van der Waals surface area (Å²) in [6.07, 6.45) is 3.38. The van der Waals surface area contributed by atoms with Crippen LogP contribution >= 0.6 is 0 Å². The summed E-state index contributed by atoms with van der Waals surface area (Å²) in [4.78, 5) is 13.3. The lowest BCUT2D eigenvalue weighted by atomic mass is 9.94. The minimum atomic E-state index is -0.702. The number of carboxylic acid groups (broad SMARTS) is 1. The van der Waals surface area contributed by atoms with E-state index in [4.69, 9.17) is 5.11 Å². The molecule has 0 radical (unpaired) electrons. The molecule has 1 heterocycles. The lowest BCUT2D eigenvalue weighted by molar-refractivity contribution is -0.137. The molecule has 104 valence electrons. The Labute approximate surface area is 115 Å². The number of carboxylic acids is 1. The summed E-state index contributed by atoms with van der Waals surface area (Å²) >= 11 is 0. The molecular weight excluding hydrogens is 238 g/mol. The van der Waals surface area contributed by atoms with Crippen LogP contribution in [0.1, 0.15) is 44.2 Å². The first-order valence-corrected chi connectivity index (χ1v) is 7.17. The number of likely N-dealkylation sites (tertiary alicyclic amines) is 1. The first kappa shape index (κ1) is 14.1. The third-order valence-corrected chi connectivity index (χ3v) is 4.07. The van der Waals surface area contributed by atoms with E-state index in [2.05, 4.69) is 24.0 Å². The Balaban J connectivity index is 2.07. The average Bonchev–Trinajstić information content (AvgIpc) is 2.42. The first-order valence-electron chi connectivity index (χ1n) is 7.17. The van der Waals surface area contributed by atoms with E-state index in [1.165, 1.54) is 18.4 Å². The molecule has 1 fully saturated rings. The fraction of sp³-hybridized carbons (Fsp3) is 0.562. The van der Waals surface area contributed by atoms with E-state index in [9.17, 15) is 4.79 Å². The Morgan fingerprint density at radius 1 is 1.32 bits per heavy atom. The minimum Gasteiger partial charge on any atom is -0.481 e. The van der Waals surface area contributed by atoms with E-state index in [1.54, 1.807) is 0 Å². The van der Waals surface area contributed by atoms with Crippen molar-refractivity contribution in [1.29, 1.82) is 0 Å². The van der Waals surface area contributed by atoms with Gasteiger partial charge in [0.2, 0.25) is 0 Å². The van der Waals surface area contributed by atoms with Gasteiger partial charge in [0.1, 0.15) is 0 Å². The third kappa shape index (κ3) is 4.06. The largest absolute Gasteiger partial charge is 0.481 e. The van der Waals surface area contributed by atoms with Crippen molar-refractivity contribution in [3.8, 4) is 0 Å². The zero-order chi connectivity index (χ0) is 13.7. The van der Waals surface area contributed by atoms with Gasteiger partial charge in [0.25, 0.3) is 0 Å². The van der Waals surface area contributed by atoms with Crippen LogP contribution in [0.4, 0.5) is 0 Å². The lowest BCUT2D eigenvalue weighted by Crippen LogP contribution is -2.36. The smallest absolute Gasteiger partial charge is 0.303 e. The number of hydrogen-bond acceptors (Lipinski definition) is 2. The fourth-order valence-electron chi connectivity index (χ4n) is 2.84. The van der Waals surface area contributed by atoms with Crippen molar-refractivity contribution in [1.82, 2.24) is 4.90 Å². The Morgan fingerprint density at radius 2 is 1.95 bits per heavy atom. The van der Waals surface area contributed by atoms with Crippen molar-refractivity contribution in [2.24, 2.45) is 5.92 Å². The van der Waals surface area contributed by atoms with Gasteiger partial charge in [-0.3, -0.25) is 9.69 Å². The van der Waals surface area contributed by atoms with E-state index in [1.807, 2.05) is 18.2 Å². The summed E-state index contributed by atoms with van der Waals surface area (Å²) in [5, 5.41) is 8.93. The summed E-state index contributed by atoms with van der Waals surface area (Å²) in [5.74, 6) is 0.0958. The van der Waals surface area contributed by atoms with Crippen LogP contribution in [-0.2, 0) is 4.79 Å². The van der Waals surface area contributed by atoms with Crippen molar-refractivity contribution in [3.63, 3.8) is 0 Å². The number of rotatable bonds is 5. The molecule has 1 atom stereocenters. The molecule has 1 N–H and O–H groups in total. The maximum absolute atomic E-state index is 10.9. The maximum atomic E-state index is 10.9. The van der Waals surface area contributed by atoms with Gasteiger partial charge in [0.15, 0.2) is 0 Å². The van der Waals surface area contributed by atoms with Gasteiger partial charge < -0.3 is 5.11 Å². The van der Waals surface area contributed by atoms with E-state index in [0.717, 1.165) is 19.0 Å². The van der Waals surface area contributed by atoms with Crippen LogP contribution in [0.5, 0.6) is 0 Å². The molecule has 1 aromatic rings. The Bertz CT molecular complexity index is 396. The zero-order valence-electron chi connectivity index (χ0n) is 11.6. The monoisotopic (exact) mass is 261 g/mol. The van der Waals surface area contributed by atoms with Gasteiger partial charge in [-0.2, -0.15) is 0 Å². The standard InChI is InChI=1S/C16H23NO2/c1-13-9-11-17(12-10-13)15(7-8-16(18)19)14-5-3-2-4-6-14/h2-6,13,15H,7-12H2,1H3,(H,18,19). The number of piperidine rings is 1. The first-order chi connectivity index (χ1) is 9.16. The lowest BCUT2D eigenvalue weighted by Gasteiger charge is -2.37. The van der Waals surface area contributed by atoms with E-state index >= 15 is 0 Å². The number of nitrogens with zero attached hydrogens (tertiary/aromatic N) is 1. The van der Waals surface area contributed by atoms with Gasteiger partial charge in [0, 0.05) is 12.5 Å². The van der Waals surface area contributed by atoms with Crippen molar-refractivity contribution < 1.29 is 9.90 Å². The summed E-state index contributed by atoms with van der Waals surface area (Å²) in [6.45, 7) is 4.47. The van der Waals surface area contributed by atoms with Crippen LogP contribution in [0.2, 0.25) is 0 Å². The van der Waals surface area contributed by atoms with Gasteiger partial charge in [-0.1, -0.05) is 37.3 Å². The molecule has 1 aromatic carbocycles. The van der Waals surface area contributed by atoms with Crippen LogP contribution in [0.25, 0.3) is 0 Å². The maximum Gasteiger partial charge on any atom is 0.303 e. The second kappa shape index (κ2) is 6.71. The Hall–Kier alpha value is -1.35. The predicted molar refractivity (Wildman–Crippen MR) is 76.0 cm³/mol. The molecule has 2 rings (SSSR count). The van der Waals surface area contributed by atoms with Crippen molar-refractivity contribution in [2.45, 2.75) is 38.6 Å². The van der Waals surface area contributed by atoms with Gasteiger partial charge in [-0.25, -0.2) is 0 Å². The Kier molecular flexibility index (Phi) is 4.97. The molecule has 1 unspecified atom stereocenters. The van der Waals surface area contributed by atoms with Gasteiger partial charge in [-0.05, 0) is 43.8 Å². The summed E-state index contributed by atoms with van der Waals surface area (Å²) < 4.78 is 0. The van der Waals surface area contributed by atoms with Crippen LogP contribution in [0.3, 0.4) is 0 Å². The molecule has 1 aliphatic rings. The molecule has 19 heavy (non-hydrogen) atoms. The van der Waals surface area contributed by atoms with Crippen LogP contribution in [0, 0.1) is 5.92 Å². The second-order valence-electron chi connectivity index (χ2n) is 5.58. The van der Waals surface area contributed by atoms with Crippen molar-refractivity contribution in [2.75, 3.05) is 13.1 Å². The van der Waals surface area contributed by atoms with Crippen LogP contribution in [0.15, 0.2) is 30.3 Å². The molecule has 0 bridgehead atoms. The highest BCUT2D eigenvalue weighted by molar-refractivity contribution is 5.66. The number of benzene rings is 1. The van der Waals surface area contributed by atoms with Crippen LogP contribution in [-0.4, -0.2) is 29.1 Å². The summed E-state index contributed by atoms with van der Waals surface area (Å²) in [7, 11) is 0. The van der Waals surface area contributed by atoms with E-state index in [-0.39, 0.29) is 12.5 Å². The summed E-state index contributed by atoms with van der Waals surface area (Å²) in [5.41, 5.74) is 1.25. The average molecular weight is 261 g/mol. The SMILES string of the molecule is CC1CCN(C(CCC(=O)O)c2ccccc2)CC1. The highest BCUT2D eigenvalue weighted by Crippen LogP contribution is 2.30. The van der Waals surface area contributed by atoms with E-state index < -0.39 is 5.97 Å². The Morgan fingerprint density at radius 3 is 2.53 bits per heavy atom. The van der Waals surface area contributed by atoms with Gasteiger partial charge in [0.05, 0.1) is 0 Å². The predicted octanol–water partition coefficient (Wildman–Crippen LogP) is 3.32. The molecule has 0 aliphatic carbocycles. The van der Waals surface area contributed by atoms with Gasteiger partial charge in [-0.15, -0.1) is 0 Å². The molecule has 0 saturated carbocycles.